The first-order valence-corrected chi connectivity index (χ1v) is 12.1. The zero-order valence-electron chi connectivity index (χ0n) is 17.8. The van der Waals surface area contributed by atoms with Gasteiger partial charge in [0.15, 0.2) is 6.61 Å². The summed E-state index contributed by atoms with van der Waals surface area (Å²) in [5.41, 5.74) is 3.16. The third-order valence-electron chi connectivity index (χ3n) is 5.01. The summed E-state index contributed by atoms with van der Waals surface area (Å²) in [7, 11) is 0. The topological polar surface area (TPSA) is 68.5 Å². The minimum atomic E-state index is 0.0403. The maximum atomic E-state index is 13.0. The molecular formula is C23H25N3O3S2. The molecule has 0 saturated carbocycles. The van der Waals surface area contributed by atoms with Gasteiger partial charge in [0.1, 0.15) is 5.75 Å². The summed E-state index contributed by atoms with van der Waals surface area (Å²) in [4.78, 5) is 16.0. The zero-order valence-corrected chi connectivity index (χ0v) is 19.5. The largest absolute Gasteiger partial charge is 0.484 e. The Balaban J connectivity index is 1.35. The highest BCUT2D eigenvalue weighted by molar-refractivity contribution is 8.00. The van der Waals surface area contributed by atoms with Crippen molar-refractivity contribution in [1.82, 2.24) is 10.2 Å². The van der Waals surface area contributed by atoms with Crippen LogP contribution >= 0.6 is 23.5 Å². The quantitative estimate of drug-likeness (QED) is 0.469. The van der Waals surface area contributed by atoms with Crippen molar-refractivity contribution in [3.8, 4) is 5.75 Å². The summed E-state index contributed by atoms with van der Waals surface area (Å²) in [6, 6.07) is 14.1. The summed E-state index contributed by atoms with van der Waals surface area (Å²) in [5.74, 6) is 1.47. The Labute approximate surface area is 190 Å². The fraction of sp³-hybridized carbons (Fsp3) is 0.348. The van der Waals surface area contributed by atoms with Crippen molar-refractivity contribution < 1.29 is 13.9 Å². The van der Waals surface area contributed by atoms with E-state index >= 15 is 0 Å². The van der Waals surface area contributed by atoms with Gasteiger partial charge >= 0.3 is 0 Å². The maximum Gasteiger partial charge on any atom is 0.277 e. The molecule has 1 unspecified atom stereocenters. The zero-order chi connectivity index (χ0) is 21.8. The normalized spacial score (nSPS) is 16.0. The Morgan fingerprint density at radius 1 is 1.26 bits per heavy atom. The van der Waals surface area contributed by atoms with Crippen molar-refractivity contribution in [2.24, 2.45) is 0 Å². The third-order valence-corrected chi connectivity index (χ3v) is 7.05. The number of fused-ring (bicyclic) bond motifs is 1. The van der Waals surface area contributed by atoms with Crippen molar-refractivity contribution in [2.45, 2.75) is 49.2 Å². The number of anilines is 1. The van der Waals surface area contributed by atoms with Gasteiger partial charge < -0.3 is 14.1 Å². The molecule has 1 aliphatic rings. The van der Waals surface area contributed by atoms with Crippen LogP contribution in [-0.4, -0.2) is 33.7 Å². The van der Waals surface area contributed by atoms with Gasteiger partial charge in [-0.1, -0.05) is 43.0 Å². The van der Waals surface area contributed by atoms with Crippen molar-refractivity contribution in [1.29, 1.82) is 0 Å². The van der Waals surface area contributed by atoms with E-state index in [1.807, 2.05) is 66.9 Å². The number of amides is 1. The van der Waals surface area contributed by atoms with Crippen LogP contribution in [0.3, 0.4) is 0 Å². The Morgan fingerprint density at radius 2 is 2.10 bits per heavy atom. The number of nitrogens with zero attached hydrogens (tertiary/aromatic N) is 3. The van der Waals surface area contributed by atoms with Gasteiger partial charge in [-0.25, -0.2) is 0 Å². The summed E-state index contributed by atoms with van der Waals surface area (Å²) in [6.07, 6.45) is 0.955. The Hall–Kier alpha value is -2.45. The molecule has 0 fully saturated rings. The summed E-state index contributed by atoms with van der Waals surface area (Å²) in [6.45, 7) is 7.12. The van der Waals surface area contributed by atoms with Gasteiger partial charge in [-0.2, -0.15) is 0 Å². The highest BCUT2D eigenvalue weighted by Crippen LogP contribution is 2.37. The average Bonchev–Trinajstić information content (AvgIpc) is 3.14. The van der Waals surface area contributed by atoms with Crippen molar-refractivity contribution >= 4 is 35.1 Å². The first-order valence-electron chi connectivity index (χ1n) is 10.2. The number of aryl methyl sites for hydroxylation is 2. The molecule has 0 N–H and O–H groups in total. The monoisotopic (exact) mass is 455 g/mol. The predicted molar refractivity (Wildman–Crippen MR) is 124 cm³/mol. The number of carbonyl (C=O) groups is 1. The van der Waals surface area contributed by atoms with E-state index in [2.05, 4.69) is 23.2 Å². The lowest BCUT2D eigenvalue weighted by atomic mass is 10.1. The lowest BCUT2D eigenvalue weighted by Gasteiger charge is -2.22. The van der Waals surface area contributed by atoms with Gasteiger partial charge in [-0.05, 0) is 49.6 Å². The molecule has 0 bridgehead atoms. The molecule has 31 heavy (non-hydrogen) atoms. The number of aromatic nitrogens is 2. The van der Waals surface area contributed by atoms with Gasteiger partial charge in [0.05, 0.1) is 11.4 Å². The molecule has 1 atom stereocenters. The molecule has 0 saturated heterocycles. The first kappa shape index (κ1) is 21.8. The van der Waals surface area contributed by atoms with Crippen molar-refractivity contribution in [3.63, 3.8) is 0 Å². The van der Waals surface area contributed by atoms with Crippen LogP contribution in [0.2, 0.25) is 0 Å². The molecule has 0 aliphatic carbocycles. The Bertz CT molecular complexity index is 1070. The SMILES string of the molecule is Cc1ccc(C)c(OCc2nnc(SCC(=O)N3CCC(C)Sc4ccccc43)o2)c1. The molecular weight excluding hydrogens is 430 g/mol. The van der Waals surface area contributed by atoms with E-state index in [1.54, 1.807) is 0 Å². The highest BCUT2D eigenvalue weighted by atomic mass is 32.2. The van der Waals surface area contributed by atoms with E-state index in [9.17, 15) is 4.79 Å². The van der Waals surface area contributed by atoms with Crippen molar-refractivity contribution in [3.05, 3.63) is 59.5 Å². The number of carbonyl (C=O) groups excluding carboxylic acids is 1. The molecule has 2 aromatic carbocycles. The minimum Gasteiger partial charge on any atom is -0.484 e. The fourth-order valence-corrected chi connectivity index (χ4v) is 5.07. The van der Waals surface area contributed by atoms with Crippen molar-refractivity contribution in [2.75, 3.05) is 17.2 Å². The van der Waals surface area contributed by atoms with Crippen LogP contribution in [0.4, 0.5) is 5.69 Å². The van der Waals surface area contributed by atoms with E-state index in [0.29, 0.717) is 22.9 Å². The van der Waals surface area contributed by atoms with Crippen LogP contribution in [0, 0.1) is 13.8 Å². The number of para-hydroxylation sites is 1. The number of rotatable bonds is 6. The molecule has 162 valence electrons. The Kier molecular flexibility index (Phi) is 6.87. The van der Waals surface area contributed by atoms with Crippen LogP contribution in [0.15, 0.2) is 57.0 Å². The second-order valence-electron chi connectivity index (χ2n) is 7.54. The molecule has 0 radical (unpaired) electrons. The minimum absolute atomic E-state index is 0.0403. The number of ether oxygens (including phenoxy) is 1. The average molecular weight is 456 g/mol. The molecule has 0 spiro atoms. The van der Waals surface area contributed by atoms with Gasteiger partial charge in [0, 0.05) is 16.7 Å². The third kappa shape index (κ3) is 5.43. The first-order chi connectivity index (χ1) is 15.0. The maximum absolute atomic E-state index is 13.0. The van der Waals surface area contributed by atoms with Crippen LogP contribution < -0.4 is 9.64 Å². The fourth-order valence-electron chi connectivity index (χ4n) is 3.30. The van der Waals surface area contributed by atoms with Gasteiger partial charge in [-0.3, -0.25) is 4.79 Å². The Morgan fingerprint density at radius 3 is 2.97 bits per heavy atom. The van der Waals surface area contributed by atoms with Gasteiger partial charge in [0.2, 0.25) is 5.91 Å². The van der Waals surface area contributed by atoms with Gasteiger partial charge in [-0.15, -0.1) is 22.0 Å². The smallest absolute Gasteiger partial charge is 0.277 e. The van der Waals surface area contributed by atoms with Gasteiger partial charge in [0.25, 0.3) is 11.1 Å². The molecule has 3 aromatic rings. The second kappa shape index (κ2) is 9.78. The highest BCUT2D eigenvalue weighted by Gasteiger charge is 2.24. The number of hydrogen-bond donors (Lipinski definition) is 0. The molecule has 1 aromatic heterocycles. The molecule has 2 heterocycles. The molecule has 8 heteroatoms. The lowest BCUT2D eigenvalue weighted by Crippen LogP contribution is -2.33. The van der Waals surface area contributed by atoms with E-state index in [4.69, 9.17) is 9.15 Å². The second-order valence-corrected chi connectivity index (χ2v) is 9.95. The molecule has 4 rings (SSSR count). The molecule has 1 amide bonds. The van der Waals surface area contributed by atoms with Crippen LogP contribution in [0.25, 0.3) is 0 Å². The predicted octanol–water partition coefficient (Wildman–Crippen LogP) is 5.28. The van der Waals surface area contributed by atoms with E-state index in [0.717, 1.165) is 33.9 Å². The lowest BCUT2D eigenvalue weighted by molar-refractivity contribution is -0.116. The summed E-state index contributed by atoms with van der Waals surface area (Å²) < 4.78 is 11.5. The number of benzene rings is 2. The van der Waals surface area contributed by atoms with Crippen LogP contribution in [-0.2, 0) is 11.4 Å². The number of thioether (sulfide) groups is 2. The van der Waals surface area contributed by atoms with E-state index in [1.165, 1.54) is 11.8 Å². The standard InChI is InChI=1S/C23H25N3O3S2/c1-15-8-9-16(2)19(12-15)28-13-21-24-25-23(29-21)30-14-22(27)26-11-10-17(3)31-20-7-5-4-6-18(20)26/h4-9,12,17H,10-11,13-14H2,1-3H3. The van der Waals surface area contributed by atoms with Crippen LogP contribution in [0.5, 0.6) is 5.75 Å². The molecule has 6 nitrogen and oxygen atoms in total. The van der Waals surface area contributed by atoms with Crippen LogP contribution in [0.1, 0.15) is 30.4 Å². The number of hydrogen-bond acceptors (Lipinski definition) is 7. The molecule has 1 aliphatic heterocycles. The summed E-state index contributed by atoms with van der Waals surface area (Å²) >= 11 is 3.08. The van der Waals surface area contributed by atoms with E-state index in [-0.39, 0.29) is 18.3 Å². The summed E-state index contributed by atoms with van der Waals surface area (Å²) in [5, 5.41) is 8.94. The van der Waals surface area contributed by atoms with E-state index < -0.39 is 0 Å².